The second-order valence-electron chi connectivity index (χ2n) is 3.25. The summed E-state index contributed by atoms with van der Waals surface area (Å²) in [5, 5.41) is 1.40. The molecule has 0 fully saturated rings. The first-order valence-electron chi connectivity index (χ1n) is 4.44. The third kappa shape index (κ3) is 3.54. The van der Waals surface area contributed by atoms with Gasteiger partial charge in [-0.1, -0.05) is 0 Å². The molecule has 0 bridgehead atoms. The van der Waals surface area contributed by atoms with Crippen molar-refractivity contribution in [2.45, 2.75) is 10.6 Å². The van der Waals surface area contributed by atoms with Gasteiger partial charge in [0.25, 0.3) is 10.0 Å². The number of hydrazine groups is 1. The van der Waals surface area contributed by atoms with Crippen molar-refractivity contribution in [1.82, 2.24) is 9.84 Å². The molecule has 0 unspecified atom stereocenters. The molecule has 0 spiro atoms. The van der Waals surface area contributed by atoms with Crippen LogP contribution in [0.2, 0.25) is 0 Å². The zero-order valence-electron chi connectivity index (χ0n) is 8.73. The SMILES string of the molecule is CN(C)NS(=O)(=O)c1ccc(CCN)s1. The minimum atomic E-state index is -3.40. The number of thiophene rings is 1. The molecule has 0 radical (unpaired) electrons. The van der Waals surface area contributed by atoms with Crippen LogP contribution in [0.1, 0.15) is 4.88 Å². The minimum absolute atomic E-state index is 0.319. The highest BCUT2D eigenvalue weighted by Crippen LogP contribution is 2.21. The fraction of sp³-hybridized carbons (Fsp3) is 0.500. The Labute approximate surface area is 93.9 Å². The molecule has 0 saturated heterocycles. The van der Waals surface area contributed by atoms with E-state index in [0.717, 1.165) is 4.88 Å². The summed E-state index contributed by atoms with van der Waals surface area (Å²) >= 11 is 1.25. The van der Waals surface area contributed by atoms with E-state index in [0.29, 0.717) is 17.2 Å². The van der Waals surface area contributed by atoms with Crippen molar-refractivity contribution in [3.05, 3.63) is 17.0 Å². The Balaban J connectivity index is 2.86. The topological polar surface area (TPSA) is 75.4 Å². The minimum Gasteiger partial charge on any atom is -0.330 e. The van der Waals surface area contributed by atoms with E-state index >= 15 is 0 Å². The van der Waals surface area contributed by atoms with Crippen LogP contribution in [0.4, 0.5) is 0 Å². The van der Waals surface area contributed by atoms with Crippen molar-refractivity contribution in [3.63, 3.8) is 0 Å². The number of rotatable bonds is 5. The van der Waals surface area contributed by atoms with Gasteiger partial charge in [-0.25, -0.2) is 13.4 Å². The summed E-state index contributed by atoms with van der Waals surface area (Å²) in [6.07, 6.45) is 0.710. The molecule has 0 amide bonds. The molecule has 1 rings (SSSR count). The molecule has 1 aromatic heterocycles. The van der Waals surface area contributed by atoms with Crippen molar-refractivity contribution in [3.8, 4) is 0 Å². The molecule has 0 saturated carbocycles. The third-order valence-electron chi connectivity index (χ3n) is 1.60. The average molecular weight is 249 g/mol. The number of sulfonamides is 1. The van der Waals surface area contributed by atoms with Crippen molar-refractivity contribution < 1.29 is 8.42 Å². The van der Waals surface area contributed by atoms with Gasteiger partial charge in [-0.3, -0.25) is 0 Å². The normalized spacial score (nSPS) is 12.3. The Morgan fingerprint density at radius 2 is 2.13 bits per heavy atom. The molecule has 3 N–H and O–H groups in total. The standard InChI is InChI=1S/C8H15N3O2S2/c1-11(2)10-15(12,13)8-4-3-7(14-8)5-6-9/h3-4,10H,5-6,9H2,1-2H3. The lowest BCUT2D eigenvalue weighted by atomic mass is 10.3. The fourth-order valence-electron chi connectivity index (χ4n) is 1.06. The highest BCUT2D eigenvalue weighted by molar-refractivity contribution is 7.91. The molecule has 15 heavy (non-hydrogen) atoms. The molecule has 0 aliphatic heterocycles. The molecule has 0 aliphatic rings. The highest BCUT2D eigenvalue weighted by Gasteiger charge is 2.16. The summed E-state index contributed by atoms with van der Waals surface area (Å²) < 4.78 is 23.7. The molecule has 0 atom stereocenters. The van der Waals surface area contributed by atoms with Crippen LogP contribution in [0.5, 0.6) is 0 Å². The van der Waals surface area contributed by atoms with Gasteiger partial charge in [0.1, 0.15) is 4.21 Å². The Morgan fingerprint density at radius 3 is 2.67 bits per heavy atom. The third-order valence-corrected chi connectivity index (χ3v) is 4.71. The van der Waals surface area contributed by atoms with Gasteiger partial charge in [-0.15, -0.1) is 16.2 Å². The first kappa shape index (κ1) is 12.6. The fourth-order valence-corrected chi connectivity index (χ4v) is 3.50. The molecule has 0 aromatic carbocycles. The average Bonchev–Trinajstić information content (AvgIpc) is 2.51. The summed E-state index contributed by atoms with van der Waals surface area (Å²) in [6.45, 7) is 0.529. The molecular weight excluding hydrogens is 234 g/mol. The number of hydrogen-bond donors (Lipinski definition) is 2. The Morgan fingerprint density at radius 1 is 1.47 bits per heavy atom. The first-order valence-corrected chi connectivity index (χ1v) is 6.74. The van der Waals surface area contributed by atoms with Crippen LogP contribution in [0.3, 0.4) is 0 Å². The zero-order chi connectivity index (χ0) is 11.5. The van der Waals surface area contributed by atoms with Crippen LogP contribution in [0.15, 0.2) is 16.3 Å². The molecule has 86 valence electrons. The number of nitrogens with two attached hydrogens (primary N) is 1. The van der Waals surface area contributed by atoms with Gasteiger partial charge in [0, 0.05) is 19.0 Å². The molecular formula is C8H15N3O2S2. The Bertz CT molecular complexity index is 411. The highest BCUT2D eigenvalue weighted by atomic mass is 32.2. The lowest BCUT2D eigenvalue weighted by molar-refractivity contribution is 0.364. The van der Waals surface area contributed by atoms with Gasteiger partial charge in [0.05, 0.1) is 0 Å². The molecule has 1 aromatic rings. The Hall–Kier alpha value is -0.470. The van der Waals surface area contributed by atoms with Crippen LogP contribution in [-0.4, -0.2) is 34.1 Å². The van der Waals surface area contributed by atoms with Gasteiger partial charge >= 0.3 is 0 Å². The smallest absolute Gasteiger partial charge is 0.262 e. The predicted molar refractivity (Wildman–Crippen MR) is 61.1 cm³/mol. The van der Waals surface area contributed by atoms with Crippen LogP contribution in [0, 0.1) is 0 Å². The second-order valence-corrected chi connectivity index (χ2v) is 6.30. The van der Waals surface area contributed by atoms with E-state index in [-0.39, 0.29) is 0 Å². The molecule has 1 heterocycles. The van der Waals surface area contributed by atoms with Gasteiger partial charge in [0.2, 0.25) is 0 Å². The van der Waals surface area contributed by atoms with Crippen LogP contribution < -0.4 is 10.6 Å². The van der Waals surface area contributed by atoms with E-state index in [4.69, 9.17) is 5.73 Å². The summed E-state index contributed by atoms with van der Waals surface area (Å²) in [6, 6.07) is 3.39. The molecule has 5 nitrogen and oxygen atoms in total. The van der Waals surface area contributed by atoms with Gasteiger partial charge < -0.3 is 5.73 Å². The zero-order valence-corrected chi connectivity index (χ0v) is 10.4. The quantitative estimate of drug-likeness (QED) is 0.721. The largest absolute Gasteiger partial charge is 0.330 e. The lowest BCUT2D eigenvalue weighted by Gasteiger charge is -2.10. The van der Waals surface area contributed by atoms with Crippen LogP contribution >= 0.6 is 11.3 Å². The van der Waals surface area contributed by atoms with E-state index in [9.17, 15) is 8.42 Å². The van der Waals surface area contributed by atoms with Gasteiger partial charge in [0.15, 0.2) is 0 Å². The number of nitrogens with one attached hydrogen (secondary N) is 1. The lowest BCUT2D eigenvalue weighted by Crippen LogP contribution is -2.35. The second kappa shape index (κ2) is 5.04. The van der Waals surface area contributed by atoms with E-state index in [1.54, 1.807) is 26.2 Å². The van der Waals surface area contributed by atoms with Crippen molar-refractivity contribution >= 4 is 21.4 Å². The van der Waals surface area contributed by atoms with Gasteiger partial charge in [-0.05, 0) is 25.1 Å². The van der Waals surface area contributed by atoms with Crippen LogP contribution in [-0.2, 0) is 16.4 Å². The van der Waals surface area contributed by atoms with Crippen molar-refractivity contribution in [2.24, 2.45) is 5.73 Å². The summed E-state index contributed by atoms with van der Waals surface area (Å²) in [4.78, 5) is 3.36. The maximum atomic E-state index is 11.7. The van der Waals surface area contributed by atoms with E-state index in [1.807, 2.05) is 0 Å². The summed E-state index contributed by atoms with van der Waals surface area (Å²) in [7, 11) is -0.142. The number of hydrogen-bond acceptors (Lipinski definition) is 5. The monoisotopic (exact) mass is 249 g/mol. The van der Waals surface area contributed by atoms with Crippen LogP contribution in [0.25, 0.3) is 0 Å². The number of nitrogens with zero attached hydrogens (tertiary/aromatic N) is 1. The van der Waals surface area contributed by atoms with E-state index in [1.165, 1.54) is 16.3 Å². The maximum Gasteiger partial charge on any atom is 0.262 e. The predicted octanol–water partition coefficient (Wildman–Crippen LogP) is 0.00420. The van der Waals surface area contributed by atoms with Gasteiger partial charge in [-0.2, -0.15) is 0 Å². The molecule has 0 aliphatic carbocycles. The van der Waals surface area contributed by atoms with Crippen molar-refractivity contribution in [2.75, 3.05) is 20.6 Å². The Kier molecular flexibility index (Phi) is 4.23. The molecule has 7 heteroatoms. The van der Waals surface area contributed by atoms with E-state index < -0.39 is 10.0 Å². The summed E-state index contributed by atoms with van der Waals surface area (Å²) in [5.74, 6) is 0. The van der Waals surface area contributed by atoms with Crippen molar-refractivity contribution in [1.29, 1.82) is 0 Å². The maximum absolute atomic E-state index is 11.7. The van der Waals surface area contributed by atoms with E-state index in [2.05, 4.69) is 4.83 Å². The first-order chi connectivity index (χ1) is 6.95. The summed E-state index contributed by atoms with van der Waals surface area (Å²) in [5.41, 5.74) is 5.39.